The highest BCUT2D eigenvalue weighted by atomic mass is 35.5. The second-order valence-corrected chi connectivity index (χ2v) is 5.23. The van der Waals surface area contributed by atoms with Gasteiger partial charge in [-0.25, -0.2) is 4.39 Å². The van der Waals surface area contributed by atoms with Gasteiger partial charge in [0.1, 0.15) is 11.9 Å². The summed E-state index contributed by atoms with van der Waals surface area (Å²) in [5.74, 6) is -0.549. The van der Waals surface area contributed by atoms with Crippen LogP contribution in [0.4, 0.5) is 15.8 Å². The van der Waals surface area contributed by atoms with E-state index < -0.39 is 6.04 Å². The molecule has 21 heavy (non-hydrogen) atoms. The van der Waals surface area contributed by atoms with E-state index in [1.807, 2.05) is 19.1 Å². The van der Waals surface area contributed by atoms with Gasteiger partial charge in [-0.2, -0.15) is 0 Å². The predicted molar refractivity (Wildman–Crippen MR) is 84.3 cm³/mol. The highest BCUT2D eigenvalue weighted by molar-refractivity contribution is 6.31. The van der Waals surface area contributed by atoms with Crippen LogP contribution < -0.4 is 10.6 Å². The number of carbonyl (C=O) groups excluding carboxylic acids is 1. The minimum Gasteiger partial charge on any atom is -0.374 e. The topological polar surface area (TPSA) is 41.1 Å². The highest BCUT2D eigenvalue weighted by Gasteiger charge is 2.13. The molecule has 0 spiro atoms. The summed E-state index contributed by atoms with van der Waals surface area (Å²) in [4.78, 5) is 12.1. The molecule has 0 aliphatic rings. The van der Waals surface area contributed by atoms with E-state index in [9.17, 15) is 9.18 Å². The molecule has 0 saturated carbocycles. The van der Waals surface area contributed by atoms with Crippen molar-refractivity contribution in [3.8, 4) is 0 Å². The van der Waals surface area contributed by atoms with Gasteiger partial charge in [0.15, 0.2) is 0 Å². The summed E-state index contributed by atoms with van der Waals surface area (Å²) in [7, 11) is 0. The zero-order valence-electron chi connectivity index (χ0n) is 11.8. The molecule has 5 heteroatoms. The van der Waals surface area contributed by atoms with Crippen LogP contribution in [0, 0.1) is 12.7 Å². The molecule has 2 aromatic rings. The summed E-state index contributed by atoms with van der Waals surface area (Å²) >= 11 is 6.05. The number of rotatable bonds is 4. The standard InChI is InChI=1S/C16H16ClFN2O/c1-10-3-6-14(9-15(10)17)19-11(2)16(21)20-13-7-4-12(18)5-8-13/h3-9,11,19H,1-2H3,(H,20,21)/t11-/m0/s1. The van der Waals surface area contributed by atoms with E-state index >= 15 is 0 Å². The molecule has 110 valence electrons. The lowest BCUT2D eigenvalue weighted by molar-refractivity contribution is -0.116. The number of carbonyl (C=O) groups is 1. The summed E-state index contributed by atoms with van der Waals surface area (Å²) in [5, 5.41) is 6.43. The predicted octanol–water partition coefficient (Wildman–Crippen LogP) is 4.23. The van der Waals surface area contributed by atoms with Crippen LogP contribution in [0.15, 0.2) is 42.5 Å². The minimum atomic E-state index is -0.450. The molecule has 0 bridgehead atoms. The first-order valence-electron chi connectivity index (χ1n) is 6.55. The van der Waals surface area contributed by atoms with Crippen molar-refractivity contribution in [3.05, 3.63) is 58.9 Å². The van der Waals surface area contributed by atoms with E-state index in [1.165, 1.54) is 24.3 Å². The van der Waals surface area contributed by atoms with Crippen LogP contribution in [0.5, 0.6) is 0 Å². The second-order valence-electron chi connectivity index (χ2n) is 4.83. The van der Waals surface area contributed by atoms with Gasteiger partial charge in [-0.1, -0.05) is 17.7 Å². The normalized spacial score (nSPS) is 11.8. The minimum absolute atomic E-state index is 0.210. The van der Waals surface area contributed by atoms with Crippen molar-refractivity contribution in [1.82, 2.24) is 0 Å². The third-order valence-electron chi connectivity index (χ3n) is 3.06. The summed E-state index contributed by atoms with van der Waals surface area (Å²) in [6.07, 6.45) is 0. The molecule has 0 aliphatic heterocycles. The van der Waals surface area contributed by atoms with Crippen LogP contribution >= 0.6 is 11.6 Å². The van der Waals surface area contributed by atoms with E-state index in [0.717, 1.165) is 11.3 Å². The number of benzene rings is 2. The molecule has 0 fully saturated rings. The average Bonchev–Trinajstić information content (AvgIpc) is 2.45. The lowest BCUT2D eigenvalue weighted by Gasteiger charge is -2.16. The number of hydrogen-bond donors (Lipinski definition) is 2. The molecule has 2 aromatic carbocycles. The van der Waals surface area contributed by atoms with Gasteiger partial charge in [-0.05, 0) is 55.8 Å². The van der Waals surface area contributed by atoms with Crippen molar-refractivity contribution in [2.75, 3.05) is 10.6 Å². The number of aryl methyl sites for hydroxylation is 1. The molecule has 0 aliphatic carbocycles. The second kappa shape index (κ2) is 6.59. The summed E-state index contributed by atoms with van der Waals surface area (Å²) in [6.45, 7) is 3.66. The molecule has 0 saturated heterocycles. The Kier molecular flexibility index (Phi) is 4.81. The van der Waals surface area contributed by atoms with Gasteiger partial charge in [0.2, 0.25) is 5.91 Å². The van der Waals surface area contributed by atoms with Crippen molar-refractivity contribution >= 4 is 28.9 Å². The monoisotopic (exact) mass is 306 g/mol. The van der Waals surface area contributed by atoms with E-state index in [0.29, 0.717) is 10.7 Å². The molecule has 0 unspecified atom stereocenters. The average molecular weight is 307 g/mol. The first-order valence-corrected chi connectivity index (χ1v) is 6.92. The van der Waals surface area contributed by atoms with Crippen LogP contribution in [0.1, 0.15) is 12.5 Å². The maximum Gasteiger partial charge on any atom is 0.246 e. The Morgan fingerprint density at radius 2 is 1.76 bits per heavy atom. The first-order chi connectivity index (χ1) is 9.95. The highest BCUT2D eigenvalue weighted by Crippen LogP contribution is 2.20. The van der Waals surface area contributed by atoms with Gasteiger partial charge in [-0.3, -0.25) is 4.79 Å². The van der Waals surface area contributed by atoms with Crippen molar-refractivity contribution < 1.29 is 9.18 Å². The Morgan fingerprint density at radius 3 is 2.38 bits per heavy atom. The first kappa shape index (κ1) is 15.3. The van der Waals surface area contributed by atoms with Crippen LogP contribution in [0.25, 0.3) is 0 Å². The lowest BCUT2D eigenvalue weighted by atomic mass is 10.2. The Balaban J connectivity index is 1.98. The van der Waals surface area contributed by atoms with Gasteiger partial charge in [0, 0.05) is 16.4 Å². The van der Waals surface area contributed by atoms with E-state index in [4.69, 9.17) is 11.6 Å². The van der Waals surface area contributed by atoms with Crippen LogP contribution in [0.2, 0.25) is 5.02 Å². The van der Waals surface area contributed by atoms with Crippen molar-refractivity contribution in [3.63, 3.8) is 0 Å². The van der Waals surface area contributed by atoms with E-state index in [2.05, 4.69) is 10.6 Å². The Morgan fingerprint density at radius 1 is 1.14 bits per heavy atom. The van der Waals surface area contributed by atoms with Gasteiger partial charge in [-0.15, -0.1) is 0 Å². The molecule has 0 aromatic heterocycles. The number of amides is 1. The summed E-state index contributed by atoms with van der Waals surface area (Å²) in [6, 6.07) is 10.7. The van der Waals surface area contributed by atoms with E-state index in [1.54, 1.807) is 13.0 Å². The fourth-order valence-electron chi connectivity index (χ4n) is 1.78. The third kappa shape index (κ3) is 4.20. The number of nitrogens with one attached hydrogen (secondary N) is 2. The van der Waals surface area contributed by atoms with Crippen molar-refractivity contribution in [1.29, 1.82) is 0 Å². The van der Waals surface area contributed by atoms with Crippen LogP contribution in [-0.4, -0.2) is 11.9 Å². The molecule has 0 radical (unpaired) electrons. The number of anilines is 2. The Bertz CT molecular complexity index is 643. The number of halogens is 2. The van der Waals surface area contributed by atoms with Gasteiger partial charge >= 0.3 is 0 Å². The van der Waals surface area contributed by atoms with Crippen molar-refractivity contribution in [2.24, 2.45) is 0 Å². The molecular formula is C16H16ClFN2O. The van der Waals surface area contributed by atoms with Gasteiger partial charge in [0.05, 0.1) is 0 Å². The molecule has 1 amide bonds. The largest absolute Gasteiger partial charge is 0.374 e. The maximum atomic E-state index is 12.8. The zero-order valence-corrected chi connectivity index (χ0v) is 12.5. The SMILES string of the molecule is Cc1ccc(N[C@@H](C)C(=O)Nc2ccc(F)cc2)cc1Cl. The fraction of sp³-hybridized carbons (Fsp3) is 0.188. The Hall–Kier alpha value is -2.07. The molecule has 0 heterocycles. The smallest absolute Gasteiger partial charge is 0.246 e. The zero-order chi connectivity index (χ0) is 15.4. The van der Waals surface area contributed by atoms with Crippen LogP contribution in [-0.2, 0) is 4.79 Å². The van der Waals surface area contributed by atoms with Gasteiger partial charge < -0.3 is 10.6 Å². The third-order valence-corrected chi connectivity index (χ3v) is 3.47. The van der Waals surface area contributed by atoms with Gasteiger partial charge in [0.25, 0.3) is 0 Å². The maximum absolute atomic E-state index is 12.8. The molecule has 1 atom stereocenters. The fourth-order valence-corrected chi connectivity index (χ4v) is 1.96. The Labute approximate surface area is 128 Å². The van der Waals surface area contributed by atoms with Crippen molar-refractivity contribution in [2.45, 2.75) is 19.9 Å². The quantitative estimate of drug-likeness (QED) is 0.887. The molecular weight excluding hydrogens is 291 g/mol. The van der Waals surface area contributed by atoms with Crippen LogP contribution in [0.3, 0.4) is 0 Å². The summed E-state index contributed by atoms with van der Waals surface area (Å²) < 4.78 is 12.8. The molecule has 2 N–H and O–H groups in total. The molecule has 2 rings (SSSR count). The van der Waals surface area contributed by atoms with E-state index in [-0.39, 0.29) is 11.7 Å². The lowest BCUT2D eigenvalue weighted by Crippen LogP contribution is -2.31. The number of hydrogen-bond acceptors (Lipinski definition) is 2. The summed E-state index contributed by atoms with van der Waals surface area (Å²) in [5.41, 5.74) is 2.30. The molecule has 3 nitrogen and oxygen atoms in total.